The van der Waals surface area contributed by atoms with Gasteiger partial charge < -0.3 is 9.64 Å². The second kappa shape index (κ2) is 7.08. The average Bonchev–Trinajstić information content (AvgIpc) is 3.12. The van der Waals surface area contributed by atoms with Crippen molar-refractivity contribution in [2.24, 2.45) is 0 Å². The average molecular weight is 366 g/mol. The highest BCUT2D eigenvalue weighted by Crippen LogP contribution is 2.34. The van der Waals surface area contributed by atoms with E-state index in [0.717, 1.165) is 42.8 Å². The Kier molecular flexibility index (Phi) is 4.64. The van der Waals surface area contributed by atoms with Crippen LogP contribution in [-0.4, -0.2) is 36.0 Å². The summed E-state index contributed by atoms with van der Waals surface area (Å²) < 4.78 is 6.59. The van der Waals surface area contributed by atoms with Crippen LogP contribution in [0.15, 0.2) is 42.5 Å². The standard InChI is InChI=1S/C21H22N2O2S/c1-14-7-8-16(13-18(14)25-2)21(24)23-11-9-15(10-12-23)20-22-17-5-3-4-6-19(17)26-20/h3-8,13,15H,9-12H2,1-2H3. The van der Waals surface area contributed by atoms with Crippen molar-refractivity contribution in [3.8, 4) is 5.75 Å². The van der Waals surface area contributed by atoms with Crippen LogP contribution in [-0.2, 0) is 0 Å². The fourth-order valence-corrected chi connectivity index (χ4v) is 4.67. The fraction of sp³-hybridized carbons (Fsp3) is 0.333. The Morgan fingerprint density at radius 3 is 2.69 bits per heavy atom. The lowest BCUT2D eigenvalue weighted by molar-refractivity contribution is 0.0712. The number of aromatic nitrogens is 1. The van der Waals surface area contributed by atoms with E-state index in [4.69, 9.17) is 9.72 Å². The monoisotopic (exact) mass is 366 g/mol. The molecule has 1 aliphatic heterocycles. The topological polar surface area (TPSA) is 42.4 Å². The van der Waals surface area contributed by atoms with Crippen molar-refractivity contribution in [3.63, 3.8) is 0 Å². The van der Waals surface area contributed by atoms with Crippen LogP contribution in [0.2, 0.25) is 0 Å². The predicted molar refractivity (Wildman–Crippen MR) is 105 cm³/mol. The third kappa shape index (κ3) is 3.19. The van der Waals surface area contributed by atoms with Gasteiger partial charge in [-0.25, -0.2) is 4.98 Å². The van der Waals surface area contributed by atoms with Gasteiger partial charge in [0.05, 0.1) is 22.3 Å². The van der Waals surface area contributed by atoms with E-state index in [1.165, 1.54) is 9.71 Å². The highest BCUT2D eigenvalue weighted by molar-refractivity contribution is 7.18. The smallest absolute Gasteiger partial charge is 0.253 e. The lowest BCUT2D eigenvalue weighted by atomic mass is 9.97. The predicted octanol–water partition coefficient (Wildman–Crippen LogP) is 4.63. The van der Waals surface area contributed by atoms with Crippen LogP contribution in [0, 0.1) is 6.92 Å². The first-order valence-electron chi connectivity index (χ1n) is 8.95. The van der Waals surface area contributed by atoms with Gasteiger partial charge in [-0.1, -0.05) is 18.2 Å². The number of rotatable bonds is 3. The SMILES string of the molecule is COc1cc(C(=O)N2CCC(c3nc4ccccc4s3)CC2)ccc1C. The Hall–Kier alpha value is -2.40. The Labute approximate surface area is 157 Å². The molecule has 3 aromatic rings. The molecule has 2 aromatic carbocycles. The molecule has 1 aliphatic rings. The van der Waals surface area contributed by atoms with Gasteiger partial charge in [-0.15, -0.1) is 11.3 Å². The first-order chi connectivity index (χ1) is 12.7. The second-order valence-corrected chi connectivity index (χ2v) is 7.83. The Morgan fingerprint density at radius 2 is 1.96 bits per heavy atom. The van der Waals surface area contributed by atoms with E-state index in [1.54, 1.807) is 18.4 Å². The number of hydrogen-bond donors (Lipinski definition) is 0. The van der Waals surface area contributed by atoms with Crippen molar-refractivity contribution in [1.29, 1.82) is 0 Å². The highest BCUT2D eigenvalue weighted by atomic mass is 32.1. The number of piperidine rings is 1. The molecule has 4 nitrogen and oxygen atoms in total. The van der Waals surface area contributed by atoms with Crippen LogP contribution in [0.1, 0.15) is 39.7 Å². The number of carbonyl (C=O) groups excluding carboxylic acids is 1. The molecule has 4 rings (SSSR count). The van der Waals surface area contributed by atoms with E-state index in [9.17, 15) is 4.79 Å². The number of ether oxygens (including phenoxy) is 1. The van der Waals surface area contributed by atoms with Gasteiger partial charge in [-0.3, -0.25) is 4.79 Å². The molecule has 1 saturated heterocycles. The van der Waals surface area contributed by atoms with E-state index in [1.807, 2.05) is 36.1 Å². The molecule has 0 aliphatic carbocycles. The molecule has 2 heterocycles. The molecular formula is C21H22N2O2S. The van der Waals surface area contributed by atoms with E-state index in [2.05, 4.69) is 18.2 Å². The summed E-state index contributed by atoms with van der Waals surface area (Å²) in [6, 6.07) is 14.0. The van der Waals surface area contributed by atoms with Gasteiger partial charge >= 0.3 is 0 Å². The number of carbonyl (C=O) groups is 1. The molecule has 26 heavy (non-hydrogen) atoms. The van der Waals surface area contributed by atoms with Gasteiger partial charge in [0, 0.05) is 24.6 Å². The number of fused-ring (bicyclic) bond motifs is 1. The zero-order valence-corrected chi connectivity index (χ0v) is 15.9. The number of likely N-dealkylation sites (tertiary alicyclic amines) is 1. The molecule has 5 heteroatoms. The van der Waals surface area contributed by atoms with Gasteiger partial charge in [0.1, 0.15) is 5.75 Å². The third-order valence-corrected chi connectivity index (χ3v) is 6.30. The van der Waals surface area contributed by atoms with Crippen molar-refractivity contribution in [2.45, 2.75) is 25.7 Å². The molecule has 0 radical (unpaired) electrons. The number of para-hydroxylation sites is 1. The molecule has 0 N–H and O–H groups in total. The summed E-state index contributed by atoms with van der Waals surface area (Å²) in [6.07, 6.45) is 1.93. The summed E-state index contributed by atoms with van der Waals surface area (Å²) in [5.74, 6) is 1.30. The van der Waals surface area contributed by atoms with E-state index in [0.29, 0.717) is 11.5 Å². The molecule has 0 saturated carbocycles. The van der Waals surface area contributed by atoms with Crippen molar-refractivity contribution in [1.82, 2.24) is 9.88 Å². The van der Waals surface area contributed by atoms with E-state index < -0.39 is 0 Å². The fourth-order valence-electron chi connectivity index (χ4n) is 3.53. The summed E-state index contributed by atoms with van der Waals surface area (Å²) in [5.41, 5.74) is 2.82. The van der Waals surface area contributed by atoms with Gasteiger partial charge in [-0.2, -0.15) is 0 Å². The molecular weight excluding hydrogens is 344 g/mol. The number of thiazole rings is 1. The molecule has 0 bridgehead atoms. The number of amides is 1. The molecule has 1 fully saturated rings. The van der Waals surface area contributed by atoms with Crippen LogP contribution in [0.5, 0.6) is 5.75 Å². The zero-order valence-electron chi connectivity index (χ0n) is 15.1. The van der Waals surface area contributed by atoms with Crippen molar-refractivity contribution in [2.75, 3.05) is 20.2 Å². The van der Waals surface area contributed by atoms with E-state index >= 15 is 0 Å². The summed E-state index contributed by atoms with van der Waals surface area (Å²) in [4.78, 5) is 19.6. The molecule has 0 spiro atoms. The molecule has 134 valence electrons. The minimum atomic E-state index is 0.0889. The molecule has 1 amide bonds. The maximum absolute atomic E-state index is 12.8. The Balaban J connectivity index is 1.45. The molecule has 0 atom stereocenters. The molecule has 0 unspecified atom stereocenters. The van der Waals surface area contributed by atoms with Crippen molar-refractivity contribution in [3.05, 3.63) is 58.6 Å². The molecule has 1 aromatic heterocycles. The van der Waals surface area contributed by atoms with E-state index in [-0.39, 0.29) is 5.91 Å². The number of benzene rings is 2. The third-order valence-electron chi connectivity index (χ3n) is 5.10. The number of nitrogens with zero attached hydrogens (tertiary/aromatic N) is 2. The first kappa shape index (κ1) is 17.0. The van der Waals surface area contributed by atoms with Crippen molar-refractivity contribution >= 4 is 27.5 Å². The Bertz CT molecular complexity index is 909. The maximum atomic E-state index is 12.8. The second-order valence-electron chi connectivity index (χ2n) is 6.77. The quantitative estimate of drug-likeness (QED) is 0.678. The van der Waals surface area contributed by atoms with Crippen LogP contribution in [0.3, 0.4) is 0 Å². The van der Waals surface area contributed by atoms with Gasteiger partial charge in [-0.05, 0) is 49.6 Å². The van der Waals surface area contributed by atoms with Crippen LogP contribution in [0.4, 0.5) is 0 Å². The lowest BCUT2D eigenvalue weighted by Gasteiger charge is -2.31. The van der Waals surface area contributed by atoms with Gasteiger partial charge in [0.25, 0.3) is 5.91 Å². The highest BCUT2D eigenvalue weighted by Gasteiger charge is 2.26. The van der Waals surface area contributed by atoms with Gasteiger partial charge in [0.15, 0.2) is 0 Å². The minimum Gasteiger partial charge on any atom is -0.496 e. The summed E-state index contributed by atoms with van der Waals surface area (Å²) in [6.45, 7) is 3.53. The number of aryl methyl sites for hydroxylation is 1. The largest absolute Gasteiger partial charge is 0.496 e. The summed E-state index contributed by atoms with van der Waals surface area (Å²) in [7, 11) is 1.64. The van der Waals surface area contributed by atoms with Crippen LogP contribution in [0.25, 0.3) is 10.2 Å². The number of hydrogen-bond acceptors (Lipinski definition) is 4. The minimum absolute atomic E-state index is 0.0889. The number of methoxy groups -OCH3 is 1. The van der Waals surface area contributed by atoms with Gasteiger partial charge in [0.2, 0.25) is 0 Å². The van der Waals surface area contributed by atoms with Crippen LogP contribution < -0.4 is 4.74 Å². The first-order valence-corrected chi connectivity index (χ1v) is 9.77. The lowest BCUT2D eigenvalue weighted by Crippen LogP contribution is -2.37. The Morgan fingerprint density at radius 1 is 1.19 bits per heavy atom. The summed E-state index contributed by atoms with van der Waals surface area (Å²) in [5, 5.41) is 1.20. The normalized spacial score (nSPS) is 15.4. The van der Waals surface area contributed by atoms with Crippen LogP contribution >= 0.6 is 11.3 Å². The maximum Gasteiger partial charge on any atom is 0.253 e. The van der Waals surface area contributed by atoms with Crippen molar-refractivity contribution < 1.29 is 9.53 Å². The summed E-state index contributed by atoms with van der Waals surface area (Å²) >= 11 is 1.79. The zero-order chi connectivity index (χ0) is 18.1.